The van der Waals surface area contributed by atoms with E-state index in [1.165, 1.54) is 0 Å². The molecule has 0 saturated carbocycles. The zero-order valence-electron chi connectivity index (χ0n) is 7.26. The Bertz CT molecular complexity index is 114. The highest BCUT2D eigenvalue weighted by Gasteiger charge is 2.11. The predicted octanol–water partition coefficient (Wildman–Crippen LogP) is 1.40. The van der Waals surface area contributed by atoms with Crippen LogP contribution in [0.3, 0.4) is 0 Å². The molecule has 1 atom stereocenters. The van der Waals surface area contributed by atoms with Crippen LogP contribution < -0.4 is 0 Å². The van der Waals surface area contributed by atoms with Gasteiger partial charge in [0.25, 0.3) is 0 Å². The summed E-state index contributed by atoms with van der Waals surface area (Å²) in [5, 5.41) is 0. The van der Waals surface area contributed by atoms with Crippen molar-refractivity contribution < 1.29 is 4.21 Å². The molecule has 0 fully saturated rings. The van der Waals surface area contributed by atoms with Crippen LogP contribution in [0.1, 0.15) is 27.7 Å². The molecule has 0 aromatic rings. The number of hydrogen-bond donors (Lipinski definition) is 0. The fraction of sp³-hybridized carbons (Fsp3) is 1.00. The first kappa shape index (κ1) is 10.1. The number of nitrogens with zero attached hydrogens (tertiary/aromatic N) is 1. The Morgan fingerprint density at radius 1 is 1.40 bits per heavy atom. The lowest BCUT2D eigenvalue weighted by molar-refractivity contribution is 0.395. The first-order valence-electron chi connectivity index (χ1n) is 3.78. The Kier molecular flexibility index (Phi) is 4.91. The van der Waals surface area contributed by atoms with Gasteiger partial charge in [-0.2, -0.15) is 0 Å². The van der Waals surface area contributed by atoms with E-state index in [9.17, 15) is 4.21 Å². The van der Waals surface area contributed by atoms with Crippen LogP contribution >= 0.6 is 0 Å². The highest BCUT2D eigenvalue weighted by atomic mass is 32.2. The third-order valence-corrected chi connectivity index (χ3v) is 3.09. The summed E-state index contributed by atoms with van der Waals surface area (Å²) in [4.78, 5) is 0. The Labute approximate surface area is 66.2 Å². The molecule has 0 aromatic heterocycles. The molecule has 0 aliphatic heterocycles. The van der Waals surface area contributed by atoms with Gasteiger partial charge in [-0.05, 0) is 13.8 Å². The molecule has 0 aromatic carbocycles. The molecule has 0 saturated heterocycles. The van der Waals surface area contributed by atoms with Crippen LogP contribution in [0.2, 0.25) is 0 Å². The summed E-state index contributed by atoms with van der Waals surface area (Å²) < 4.78 is 13.2. The molecule has 0 aliphatic rings. The summed E-state index contributed by atoms with van der Waals surface area (Å²) in [5.74, 6) is 0.728. The SMILES string of the molecule is CCN(C(C)C)S(=O)CC. The quantitative estimate of drug-likeness (QED) is 0.613. The van der Waals surface area contributed by atoms with Gasteiger partial charge < -0.3 is 0 Å². The van der Waals surface area contributed by atoms with Crippen molar-refractivity contribution in [3.63, 3.8) is 0 Å². The highest BCUT2D eigenvalue weighted by Crippen LogP contribution is 2.01. The second-order valence-corrected chi connectivity index (χ2v) is 4.13. The van der Waals surface area contributed by atoms with Gasteiger partial charge in [-0.25, -0.2) is 8.51 Å². The molecule has 0 spiro atoms. The van der Waals surface area contributed by atoms with Crippen LogP contribution in [0.25, 0.3) is 0 Å². The Morgan fingerprint density at radius 3 is 2.00 bits per heavy atom. The number of rotatable bonds is 4. The molecule has 0 amide bonds. The topological polar surface area (TPSA) is 20.3 Å². The van der Waals surface area contributed by atoms with Gasteiger partial charge in [0, 0.05) is 18.3 Å². The zero-order valence-corrected chi connectivity index (χ0v) is 8.07. The molecule has 0 aliphatic carbocycles. The smallest absolute Gasteiger partial charge is 0.0942 e. The fourth-order valence-electron chi connectivity index (χ4n) is 0.910. The van der Waals surface area contributed by atoms with Crippen molar-refractivity contribution in [1.82, 2.24) is 4.31 Å². The minimum absolute atomic E-state index is 0.394. The van der Waals surface area contributed by atoms with Gasteiger partial charge in [-0.1, -0.05) is 13.8 Å². The Balaban J connectivity index is 3.93. The second kappa shape index (κ2) is 4.85. The largest absolute Gasteiger partial charge is 0.243 e. The van der Waals surface area contributed by atoms with E-state index in [-0.39, 0.29) is 0 Å². The van der Waals surface area contributed by atoms with Crippen molar-refractivity contribution in [3.8, 4) is 0 Å². The minimum Gasteiger partial charge on any atom is -0.243 e. The van der Waals surface area contributed by atoms with E-state index in [0.29, 0.717) is 6.04 Å². The summed E-state index contributed by atoms with van der Waals surface area (Å²) in [6.45, 7) is 8.99. The summed E-state index contributed by atoms with van der Waals surface area (Å²) >= 11 is 0. The molecule has 10 heavy (non-hydrogen) atoms. The van der Waals surface area contributed by atoms with E-state index in [1.54, 1.807) is 0 Å². The van der Waals surface area contributed by atoms with Crippen LogP contribution in [0.4, 0.5) is 0 Å². The zero-order chi connectivity index (χ0) is 8.15. The molecule has 0 heterocycles. The first-order chi connectivity index (χ1) is 4.63. The maximum Gasteiger partial charge on any atom is 0.0942 e. The highest BCUT2D eigenvalue weighted by molar-refractivity contribution is 7.82. The van der Waals surface area contributed by atoms with Gasteiger partial charge in [-0.3, -0.25) is 0 Å². The van der Waals surface area contributed by atoms with Crippen molar-refractivity contribution in [2.75, 3.05) is 12.3 Å². The lowest BCUT2D eigenvalue weighted by Gasteiger charge is -2.22. The lowest BCUT2D eigenvalue weighted by atomic mass is 10.4. The van der Waals surface area contributed by atoms with E-state index in [4.69, 9.17) is 0 Å². The minimum atomic E-state index is -0.762. The number of hydrogen-bond acceptors (Lipinski definition) is 1. The predicted molar refractivity (Wildman–Crippen MR) is 46.2 cm³/mol. The Morgan fingerprint density at radius 2 is 1.90 bits per heavy atom. The average molecular weight is 163 g/mol. The van der Waals surface area contributed by atoms with Gasteiger partial charge in [0.05, 0.1) is 11.0 Å². The molecule has 0 radical (unpaired) electrons. The van der Waals surface area contributed by atoms with Crippen LogP contribution in [-0.4, -0.2) is 26.9 Å². The first-order valence-corrected chi connectivity index (χ1v) is 5.06. The van der Waals surface area contributed by atoms with Gasteiger partial charge >= 0.3 is 0 Å². The average Bonchev–Trinajstić information content (AvgIpc) is 1.88. The summed E-state index contributed by atoms with van der Waals surface area (Å²) in [5.41, 5.74) is 0. The van der Waals surface area contributed by atoms with Crippen molar-refractivity contribution >= 4 is 11.0 Å². The molecule has 0 bridgehead atoms. The molecule has 3 heteroatoms. The standard InChI is InChI=1S/C7H17NOS/c1-5-8(7(3)4)10(9)6-2/h7H,5-6H2,1-4H3. The maximum absolute atomic E-state index is 11.2. The van der Waals surface area contributed by atoms with E-state index in [0.717, 1.165) is 12.3 Å². The van der Waals surface area contributed by atoms with Crippen molar-refractivity contribution in [1.29, 1.82) is 0 Å². The summed E-state index contributed by atoms with van der Waals surface area (Å²) in [6, 6.07) is 0.394. The monoisotopic (exact) mass is 163 g/mol. The second-order valence-electron chi connectivity index (χ2n) is 2.44. The summed E-state index contributed by atoms with van der Waals surface area (Å²) in [6.07, 6.45) is 0. The molecule has 2 nitrogen and oxygen atoms in total. The summed E-state index contributed by atoms with van der Waals surface area (Å²) in [7, 11) is -0.762. The van der Waals surface area contributed by atoms with Crippen LogP contribution in [0.5, 0.6) is 0 Å². The molecular weight excluding hydrogens is 146 g/mol. The van der Waals surface area contributed by atoms with Crippen molar-refractivity contribution in [2.24, 2.45) is 0 Å². The van der Waals surface area contributed by atoms with Gasteiger partial charge in [0.2, 0.25) is 0 Å². The molecule has 0 rings (SSSR count). The van der Waals surface area contributed by atoms with Gasteiger partial charge in [-0.15, -0.1) is 0 Å². The van der Waals surface area contributed by atoms with Crippen molar-refractivity contribution in [2.45, 2.75) is 33.7 Å². The third kappa shape index (κ3) is 2.80. The molecular formula is C7H17NOS. The molecule has 0 N–H and O–H groups in total. The van der Waals surface area contributed by atoms with E-state index < -0.39 is 11.0 Å². The van der Waals surface area contributed by atoms with Crippen LogP contribution in [0, 0.1) is 0 Å². The molecule has 1 unspecified atom stereocenters. The van der Waals surface area contributed by atoms with E-state index >= 15 is 0 Å². The van der Waals surface area contributed by atoms with E-state index in [2.05, 4.69) is 13.8 Å². The normalized spacial score (nSPS) is 14.6. The Hall–Kier alpha value is 0.110. The third-order valence-electron chi connectivity index (χ3n) is 1.40. The van der Waals surface area contributed by atoms with Crippen LogP contribution in [0.15, 0.2) is 0 Å². The van der Waals surface area contributed by atoms with Crippen LogP contribution in [-0.2, 0) is 11.0 Å². The van der Waals surface area contributed by atoms with Gasteiger partial charge in [0.1, 0.15) is 0 Å². The van der Waals surface area contributed by atoms with Gasteiger partial charge in [0.15, 0.2) is 0 Å². The maximum atomic E-state index is 11.2. The molecule has 62 valence electrons. The fourth-order valence-corrected chi connectivity index (χ4v) is 2.00. The van der Waals surface area contributed by atoms with E-state index in [1.807, 2.05) is 18.2 Å². The van der Waals surface area contributed by atoms with Crippen molar-refractivity contribution in [3.05, 3.63) is 0 Å². The lowest BCUT2D eigenvalue weighted by Crippen LogP contribution is -2.33.